The average molecular weight is 269 g/mol. The van der Waals surface area contributed by atoms with E-state index in [2.05, 4.69) is 5.32 Å². The Labute approximate surface area is 106 Å². The molecule has 0 spiro atoms. The van der Waals surface area contributed by atoms with Crippen molar-refractivity contribution in [2.75, 3.05) is 6.54 Å². The third-order valence-corrected chi connectivity index (χ3v) is 4.54. The predicted molar refractivity (Wildman–Crippen MR) is 66.8 cm³/mol. The number of amides is 1. The minimum atomic E-state index is -3.68. The van der Waals surface area contributed by atoms with Gasteiger partial charge in [0.2, 0.25) is 5.91 Å². The first kappa shape index (κ1) is 14.4. The summed E-state index contributed by atoms with van der Waals surface area (Å²) < 4.78 is 24.2. The zero-order valence-corrected chi connectivity index (χ0v) is 10.8. The number of hydrogen-bond donors (Lipinski definition) is 1. The second-order valence-electron chi connectivity index (χ2n) is 3.75. The molecule has 0 aromatic heterocycles. The van der Waals surface area contributed by atoms with Gasteiger partial charge >= 0.3 is 0 Å². The first-order chi connectivity index (χ1) is 8.50. The van der Waals surface area contributed by atoms with Gasteiger partial charge in [-0.15, -0.1) is 0 Å². The molecule has 1 aromatic rings. The topological polar surface area (TPSA) is 80.3 Å². The van der Waals surface area contributed by atoms with Gasteiger partial charge in [-0.3, -0.25) is 4.79 Å². The number of carbonyl (C=O) groups is 2. The van der Waals surface area contributed by atoms with Gasteiger partial charge in [-0.05, 0) is 19.1 Å². The molecule has 0 bridgehead atoms. The molecule has 0 aliphatic rings. The van der Waals surface area contributed by atoms with E-state index >= 15 is 0 Å². The Morgan fingerprint density at radius 1 is 1.33 bits per heavy atom. The third kappa shape index (κ3) is 3.40. The van der Waals surface area contributed by atoms with Crippen molar-refractivity contribution < 1.29 is 18.0 Å². The van der Waals surface area contributed by atoms with Gasteiger partial charge in [-0.25, -0.2) is 8.42 Å². The SMILES string of the molecule is CC(C(=O)NCCC=O)S(=O)(=O)c1ccccc1. The van der Waals surface area contributed by atoms with Crippen molar-refractivity contribution in [3.05, 3.63) is 30.3 Å². The van der Waals surface area contributed by atoms with Crippen molar-refractivity contribution in [2.24, 2.45) is 0 Å². The Morgan fingerprint density at radius 3 is 2.50 bits per heavy atom. The highest BCUT2D eigenvalue weighted by atomic mass is 32.2. The molecule has 0 fully saturated rings. The summed E-state index contributed by atoms with van der Waals surface area (Å²) in [6.07, 6.45) is 0.834. The fourth-order valence-electron chi connectivity index (χ4n) is 1.35. The first-order valence-electron chi connectivity index (χ1n) is 5.50. The van der Waals surface area contributed by atoms with Crippen molar-refractivity contribution in [3.63, 3.8) is 0 Å². The van der Waals surface area contributed by atoms with E-state index < -0.39 is 21.0 Å². The highest BCUT2D eigenvalue weighted by Gasteiger charge is 2.29. The number of aldehydes is 1. The molecule has 1 atom stereocenters. The summed E-state index contributed by atoms with van der Waals surface area (Å²) >= 11 is 0. The maximum atomic E-state index is 12.1. The summed E-state index contributed by atoms with van der Waals surface area (Å²) in [7, 11) is -3.68. The monoisotopic (exact) mass is 269 g/mol. The fraction of sp³-hybridized carbons (Fsp3) is 0.333. The molecule has 0 heterocycles. The molecular formula is C12H15NO4S. The molecule has 1 aromatic carbocycles. The van der Waals surface area contributed by atoms with Gasteiger partial charge in [0.1, 0.15) is 11.5 Å². The van der Waals surface area contributed by atoms with E-state index in [1.165, 1.54) is 19.1 Å². The molecule has 1 unspecified atom stereocenters. The van der Waals surface area contributed by atoms with Crippen LogP contribution in [-0.2, 0) is 19.4 Å². The smallest absolute Gasteiger partial charge is 0.238 e. The van der Waals surface area contributed by atoms with Crippen LogP contribution < -0.4 is 5.32 Å². The number of nitrogens with one attached hydrogen (secondary N) is 1. The van der Waals surface area contributed by atoms with Gasteiger partial charge < -0.3 is 10.1 Å². The second kappa shape index (κ2) is 6.30. The summed E-state index contributed by atoms with van der Waals surface area (Å²) in [5.74, 6) is -0.597. The molecule has 0 radical (unpaired) electrons. The van der Waals surface area contributed by atoms with Crippen LogP contribution in [0.15, 0.2) is 35.2 Å². The van der Waals surface area contributed by atoms with Crippen LogP contribution in [0.3, 0.4) is 0 Å². The van der Waals surface area contributed by atoms with Gasteiger partial charge in [-0.1, -0.05) is 18.2 Å². The van der Waals surface area contributed by atoms with E-state index in [4.69, 9.17) is 0 Å². The lowest BCUT2D eigenvalue weighted by molar-refractivity contribution is -0.120. The Kier molecular flexibility index (Phi) is 5.03. The number of carbonyl (C=O) groups excluding carboxylic acids is 2. The second-order valence-corrected chi connectivity index (χ2v) is 6.02. The van der Waals surface area contributed by atoms with Crippen LogP contribution in [0.4, 0.5) is 0 Å². The molecular weight excluding hydrogens is 254 g/mol. The minimum Gasteiger partial charge on any atom is -0.355 e. The molecule has 0 saturated heterocycles. The number of hydrogen-bond acceptors (Lipinski definition) is 4. The maximum absolute atomic E-state index is 12.1. The van der Waals surface area contributed by atoms with Crippen LogP contribution in [0.25, 0.3) is 0 Å². The summed E-state index contributed by atoms with van der Waals surface area (Å²) in [5.41, 5.74) is 0. The Morgan fingerprint density at radius 2 is 1.94 bits per heavy atom. The first-order valence-corrected chi connectivity index (χ1v) is 7.05. The van der Waals surface area contributed by atoms with Crippen LogP contribution in [-0.4, -0.2) is 32.4 Å². The van der Waals surface area contributed by atoms with Crippen molar-refractivity contribution in [1.82, 2.24) is 5.32 Å². The van der Waals surface area contributed by atoms with E-state index in [9.17, 15) is 18.0 Å². The predicted octanol–water partition coefficient (Wildman–Crippen LogP) is 0.554. The maximum Gasteiger partial charge on any atom is 0.238 e. The summed E-state index contributed by atoms with van der Waals surface area (Å²) in [4.78, 5) is 21.9. The molecule has 98 valence electrons. The lowest BCUT2D eigenvalue weighted by Gasteiger charge is -2.12. The molecule has 18 heavy (non-hydrogen) atoms. The zero-order chi connectivity index (χ0) is 13.6. The molecule has 1 rings (SSSR count). The molecule has 1 amide bonds. The Bertz CT molecular complexity index is 510. The average Bonchev–Trinajstić information content (AvgIpc) is 2.39. The van der Waals surface area contributed by atoms with Crippen LogP contribution in [0, 0.1) is 0 Å². The van der Waals surface area contributed by atoms with Crippen LogP contribution in [0.1, 0.15) is 13.3 Å². The summed E-state index contributed by atoms with van der Waals surface area (Å²) in [5, 5.41) is 1.24. The highest BCUT2D eigenvalue weighted by molar-refractivity contribution is 7.92. The van der Waals surface area contributed by atoms with Crippen LogP contribution >= 0.6 is 0 Å². The third-order valence-electron chi connectivity index (χ3n) is 2.47. The van der Waals surface area contributed by atoms with Gasteiger partial charge in [0.15, 0.2) is 9.84 Å². The zero-order valence-electron chi connectivity index (χ0n) is 10.00. The van der Waals surface area contributed by atoms with Crippen LogP contribution in [0.2, 0.25) is 0 Å². The lowest BCUT2D eigenvalue weighted by atomic mass is 10.4. The fourth-order valence-corrected chi connectivity index (χ4v) is 2.66. The molecule has 6 heteroatoms. The molecule has 0 aliphatic carbocycles. The lowest BCUT2D eigenvalue weighted by Crippen LogP contribution is -2.38. The standard InChI is InChI=1S/C12H15NO4S/c1-10(12(15)13-8-5-9-14)18(16,17)11-6-3-2-4-7-11/h2-4,6-7,9-10H,5,8H2,1H3,(H,13,15). The van der Waals surface area contributed by atoms with Crippen LogP contribution in [0.5, 0.6) is 0 Å². The minimum absolute atomic E-state index is 0.114. The molecule has 1 N–H and O–H groups in total. The van der Waals surface area contributed by atoms with E-state index in [0.717, 1.165) is 0 Å². The van der Waals surface area contributed by atoms with E-state index in [-0.39, 0.29) is 17.9 Å². The van der Waals surface area contributed by atoms with E-state index in [1.54, 1.807) is 18.2 Å². The normalized spacial score (nSPS) is 12.7. The summed E-state index contributed by atoms with van der Waals surface area (Å²) in [6, 6.07) is 7.80. The number of rotatable bonds is 6. The van der Waals surface area contributed by atoms with Crippen molar-refractivity contribution in [2.45, 2.75) is 23.5 Å². The Balaban J connectivity index is 2.80. The van der Waals surface area contributed by atoms with Gasteiger partial charge in [0, 0.05) is 13.0 Å². The van der Waals surface area contributed by atoms with Gasteiger partial charge in [0.05, 0.1) is 4.90 Å². The quantitative estimate of drug-likeness (QED) is 0.604. The summed E-state index contributed by atoms with van der Waals surface area (Å²) in [6.45, 7) is 1.48. The van der Waals surface area contributed by atoms with Gasteiger partial charge in [0.25, 0.3) is 0 Å². The van der Waals surface area contributed by atoms with Crippen molar-refractivity contribution in [3.8, 4) is 0 Å². The van der Waals surface area contributed by atoms with E-state index in [0.29, 0.717) is 6.29 Å². The molecule has 5 nitrogen and oxygen atoms in total. The number of sulfone groups is 1. The largest absolute Gasteiger partial charge is 0.355 e. The highest BCUT2D eigenvalue weighted by Crippen LogP contribution is 2.15. The molecule has 0 saturated carbocycles. The van der Waals surface area contributed by atoms with Crippen molar-refractivity contribution in [1.29, 1.82) is 0 Å². The van der Waals surface area contributed by atoms with Crippen molar-refractivity contribution >= 4 is 22.0 Å². The Hall–Kier alpha value is -1.69. The number of benzene rings is 1. The van der Waals surface area contributed by atoms with E-state index in [1.807, 2.05) is 0 Å². The van der Waals surface area contributed by atoms with Gasteiger partial charge in [-0.2, -0.15) is 0 Å². The molecule has 0 aliphatic heterocycles.